The number of hydrogen-bond donors (Lipinski definition) is 0. The second kappa shape index (κ2) is 5.29. The highest BCUT2D eigenvalue weighted by Gasteiger charge is 2.16. The van der Waals surface area contributed by atoms with E-state index < -0.39 is 9.28 Å². The van der Waals surface area contributed by atoms with Gasteiger partial charge in [0.1, 0.15) is 0 Å². The van der Waals surface area contributed by atoms with Crippen LogP contribution in [0.25, 0.3) is 0 Å². The van der Waals surface area contributed by atoms with Crippen LogP contribution in [-0.2, 0) is 15.3 Å². The van der Waals surface area contributed by atoms with E-state index in [0.717, 1.165) is 6.42 Å². The third-order valence-electron chi connectivity index (χ3n) is 2.36. The molecule has 0 unspecified atom stereocenters. The van der Waals surface area contributed by atoms with Gasteiger partial charge in [-0.3, -0.25) is 0 Å². The van der Waals surface area contributed by atoms with Crippen LogP contribution >= 0.6 is 0 Å². The summed E-state index contributed by atoms with van der Waals surface area (Å²) in [6, 6.07) is 6.49. The number of rotatable bonds is 4. The minimum absolute atomic E-state index is 1.03. The topological polar surface area (TPSA) is 18.5 Å². The normalized spacial score (nSPS) is 10.9. The molecule has 0 atom stereocenters. The van der Waals surface area contributed by atoms with Gasteiger partial charge in [-0.1, -0.05) is 30.7 Å². The fourth-order valence-corrected chi connectivity index (χ4v) is 3.31. The zero-order chi connectivity index (χ0) is 10.6. The molecular weight excluding hydrogens is 192 g/mol. The standard InChI is InChI=1S/C11H18O2Si/c1-5-10-7-6-9(2)8-11(10)14(12-3)13-4/h6-8,14H,5H2,1-4H3. The Balaban J connectivity index is 3.08. The maximum atomic E-state index is 5.40. The van der Waals surface area contributed by atoms with Crippen molar-refractivity contribution in [2.45, 2.75) is 20.3 Å². The van der Waals surface area contributed by atoms with Crippen molar-refractivity contribution in [2.24, 2.45) is 0 Å². The van der Waals surface area contributed by atoms with Crippen molar-refractivity contribution >= 4 is 14.5 Å². The van der Waals surface area contributed by atoms with Crippen molar-refractivity contribution in [3.05, 3.63) is 29.3 Å². The molecular formula is C11H18O2Si. The maximum Gasteiger partial charge on any atom is 0.355 e. The number of hydrogen-bond acceptors (Lipinski definition) is 2. The zero-order valence-electron chi connectivity index (χ0n) is 9.33. The minimum atomic E-state index is -1.64. The average Bonchev–Trinajstić information content (AvgIpc) is 2.20. The van der Waals surface area contributed by atoms with E-state index in [1.165, 1.54) is 16.3 Å². The molecule has 78 valence electrons. The molecule has 1 rings (SSSR count). The van der Waals surface area contributed by atoms with Crippen molar-refractivity contribution in [3.63, 3.8) is 0 Å². The summed E-state index contributed by atoms with van der Waals surface area (Å²) in [6.45, 7) is 4.25. The van der Waals surface area contributed by atoms with Gasteiger partial charge >= 0.3 is 9.28 Å². The van der Waals surface area contributed by atoms with E-state index in [1.54, 1.807) is 14.2 Å². The summed E-state index contributed by atoms with van der Waals surface area (Å²) in [5.41, 5.74) is 2.61. The van der Waals surface area contributed by atoms with Crippen LogP contribution in [0.4, 0.5) is 0 Å². The Morgan fingerprint density at radius 1 is 1.21 bits per heavy atom. The molecule has 0 saturated heterocycles. The summed E-state index contributed by atoms with van der Waals surface area (Å²) >= 11 is 0. The van der Waals surface area contributed by atoms with Gasteiger partial charge in [-0.25, -0.2) is 0 Å². The van der Waals surface area contributed by atoms with Crippen LogP contribution < -0.4 is 5.19 Å². The lowest BCUT2D eigenvalue weighted by Crippen LogP contribution is -2.37. The van der Waals surface area contributed by atoms with Crippen molar-refractivity contribution in [3.8, 4) is 0 Å². The highest BCUT2D eigenvalue weighted by molar-refractivity contribution is 6.61. The molecule has 2 nitrogen and oxygen atoms in total. The van der Waals surface area contributed by atoms with Gasteiger partial charge in [0.05, 0.1) is 0 Å². The fourth-order valence-electron chi connectivity index (χ4n) is 1.61. The molecule has 0 amide bonds. The van der Waals surface area contributed by atoms with Gasteiger partial charge < -0.3 is 8.85 Å². The molecule has 0 heterocycles. The molecule has 0 aliphatic heterocycles. The fraction of sp³-hybridized carbons (Fsp3) is 0.455. The number of benzene rings is 1. The van der Waals surface area contributed by atoms with Gasteiger partial charge in [0.25, 0.3) is 0 Å². The minimum Gasteiger partial charge on any atom is -0.397 e. The summed E-state index contributed by atoms with van der Waals surface area (Å²) in [4.78, 5) is 0. The lowest BCUT2D eigenvalue weighted by Gasteiger charge is -2.15. The van der Waals surface area contributed by atoms with Crippen molar-refractivity contribution in [1.29, 1.82) is 0 Å². The lowest BCUT2D eigenvalue weighted by molar-refractivity contribution is 0.291. The highest BCUT2D eigenvalue weighted by Crippen LogP contribution is 2.04. The first-order valence-corrected chi connectivity index (χ1v) is 6.40. The predicted molar refractivity (Wildman–Crippen MR) is 61.4 cm³/mol. The van der Waals surface area contributed by atoms with Crippen molar-refractivity contribution in [2.75, 3.05) is 14.2 Å². The third kappa shape index (κ3) is 2.44. The molecule has 0 saturated carbocycles. The van der Waals surface area contributed by atoms with Crippen LogP contribution in [0, 0.1) is 6.92 Å². The summed E-state index contributed by atoms with van der Waals surface area (Å²) in [5.74, 6) is 0. The molecule has 0 bridgehead atoms. The molecule has 1 aromatic carbocycles. The molecule has 0 aromatic heterocycles. The van der Waals surface area contributed by atoms with Crippen LogP contribution in [-0.4, -0.2) is 23.5 Å². The Hall–Kier alpha value is -0.643. The lowest BCUT2D eigenvalue weighted by atomic mass is 10.1. The van der Waals surface area contributed by atoms with Gasteiger partial charge in [0.15, 0.2) is 0 Å². The first kappa shape index (κ1) is 11.4. The van der Waals surface area contributed by atoms with Crippen molar-refractivity contribution < 1.29 is 8.85 Å². The van der Waals surface area contributed by atoms with E-state index in [4.69, 9.17) is 8.85 Å². The van der Waals surface area contributed by atoms with Gasteiger partial charge in [-0.05, 0) is 24.1 Å². The SMILES string of the molecule is CCc1ccc(C)cc1[SiH](OC)OC. The molecule has 0 radical (unpaired) electrons. The predicted octanol–water partition coefficient (Wildman–Crippen LogP) is 1.28. The zero-order valence-corrected chi connectivity index (χ0v) is 10.5. The van der Waals surface area contributed by atoms with Crippen LogP contribution in [0.3, 0.4) is 0 Å². The molecule has 3 heteroatoms. The first-order valence-electron chi connectivity index (χ1n) is 4.88. The van der Waals surface area contributed by atoms with Gasteiger partial charge in [0, 0.05) is 14.2 Å². The molecule has 0 spiro atoms. The average molecular weight is 210 g/mol. The van der Waals surface area contributed by atoms with Gasteiger partial charge in [0.2, 0.25) is 0 Å². The first-order chi connectivity index (χ1) is 6.72. The highest BCUT2D eigenvalue weighted by atomic mass is 28.3. The van der Waals surface area contributed by atoms with E-state index in [9.17, 15) is 0 Å². The Kier molecular flexibility index (Phi) is 4.32. The molecule has 0 aliphatic carbocycles. The van der Waals surface area contributed by atoms with E-state index in [0.29, 0.717) is 0 Å². The molecule has 0 fully saturated rings. The van der Waals surface area contributed by atoms with Crippen LogP contribution in [0.15, 0.2) is 18.2 Å². The second-order valence-corrected chi connectivity index (χ2v) is 5.59. The van der Waals surface area contributed by atoms with Crippen LogP contribution in [0.5, 0.6) is 0 Å². The smallest absolute Gasteiger partial charge is 0.355 e. The Morgan fingerprint density at radius 3 is 2.36 bits per heavy atom. The summed E-state index contributed by atoms with van der Waals surface area (Å²) in [5, 5.41) is 1.28. The molecule has 14 heavy (non-hydrogen) atoms. The molecule has 0 aliphatic rings. The van der Waals surface area contributed by atoms with E-state index >= 15 is 0 Å². The Labute approximate surface area is 87.7 Å². The second-order valence-electron chi connectivity index (χ2n) is 3.36. The maximum absolute atomic E-state index is 5.40. The Morgan fingerprint density at radius 2 is 1.86 bits per heavy atom. The van der Waals surface area contributed by atoms with Crippen LogP contribution in [0.1, 0.15) is 18.1 Å². The van der Waals surface area contributed by atoms with Gasteiger partial charge in [-0.15, -0.1) is 0 Å². The van der Waals surface area contributed by atoms with Crippen LogP contribution in [0.2, 0.25) is 0 Å². The monoisotopic (exact) mass is 210 g/mol. The summed E-state index contributed by atoms with van der Waals surface area (Å²) in [6.07, 6.45) is 1.03. The van der Waals surface area contributed by atoms with E-state index in [1.807, 2.05) is 0 Å². The quantitative estimate of drug-likeness (QED) is 0.697. The molecule has 1 aromatic rings. The summed E-state index contributed by atoms with van der Waals surface area (Å²) in [7, 11) is 1.81. The molecule has 0 N–H and O–H groups in total. The Bertz CT molecular complexity index is 295. The van der Waals surface area contributed by atoms with Gasteiger partial charge in [-0.2, -0.15) is 0 Å². The number of aryl methyl sites for hydroxylation is 2. The van der Waals surface area contributed by atoms with E-state index in [2.05, 4.69) is 32.0 Å². The third-order valence-corrected chi connectivity index (χ3v) is 4.27. The van der Waals surface area contributed by atoms with Crippen molar-refractivity contribution in [1.82, 2.24) is 0 Å². The summed E-state index contributed by atoms with van der Waals surface area (Å²) < 4.78 is 10.8. The van der Waals surface area contributed by atoms with E-state index in [-0.39, 0.29) is 0 Å². The largest absolute Gasteiger partial charge is 0.397 e.